The molecule has 6 heteroatoms. The van der Waals surface area contributed by atoms with E-state index >= 15 is 0 Å². The van der Waals surface area contributed by atoms with E-state index in [2.05, 4.69) is 20.3 Å². The van der Waals surface area contributed by atoms with Gasteiger partial charge >= 0.3 is 0 Å². The summed E-state index contributed by atoms with van der Waals surface area (Å²) in [6, 6.07) is 3.90. The quantitative estimate of drug-likeness (QED) is 0.735. The van der Waals surface area contributed by atoms with E-state index in [1.54, 1.807) is 17.5 Å². The van der Waals surface area contributed by atoms with E-state index in [9.17, 15) is 0 Å². The van der Waals surface area contributed by atoms with Crippen LogP contribution in [0.5, 0.6) is 0 Å². The smallest absolute Gasteiger partial charge is 0.147 e. The number of anilines is 1. The predicted molar refractivity (Wildman–Crippen MR) is 68.3 cm³/mol. The molecule has 0 aromatic carbocycles. The number of hydrogen-bond donors (Lipinski definition) is 2. The topological polar surface area (TPSA) is 70.9 Å². The van der Waals surface area contributed by atoms with E-state index in [-0.39, 0.29) is 6.61 Å². The number of nitrogens with zero attached hydrogens (tertiary/aromatic N) is 3. The Kier molecular flexibility index (Phi) is 2.58. The Bertz CT molecular complexity index is 667. The monoisotopic (exact) mass is 246 g/mol. The lowest BCUT2D eigenvalue weighted by molar-refractivity contribution is 0.311. The van der Waals surface area contributed by atoms with E-state index < -0.39 is 0 Å². The Morgan fingerprint density at radius 3 is 3.12 bits per heavy atom. The van der Waals surface area contributed by atoms with E-state index in [1.807, 2.05) is 12.1 Å². The van der Waals surface area contributed by atoms with Gasteiger partial charge in [0.05, 0.1) is 16.8 Å². The Hall–Kier alpha value is -1.79. The first-order chi connectivity index (χ1) is 8.40. The normalized spacial score (nSPS) is 11.1. The lowest BCUT2D eigenvalue weighted by Crippen LogP contribution is -2.06. The molecule has 0 amide bonds. The Morgan fingerprint density at radius 1 is 1.29 bits per heavy atom. The molecule has 0 atom stereocenters. The summed E-state index contributed by atoms with van der Waals surface area (Å²) >= 11 is 1.56. The maximum Gasteiger partial charge on any atom is 0.147 e. The first kappa shape index (κ1) is 10.4. The molecule has 0 saturated heterocycles. The minimum Gasteiger partial charge on any atom is -0.395 e. The summed E-state index contributed by atoms with van der Waals surface area (Å²) in [5, 5.41) is 12.9. The second-order valence-corrected chi connectivity index (χ2v) is 4.51. The number of rotatable bonds is 3. The van der Waals surface area contributed by atoms with Gasteiger partial charge in [-0.3, -0.25) is 0 Å². The molecule has 3 rings (SSSR count). The number of fused-ring (bicyclic) bond motifs is 3. The number of hydrogen-bond acceptors (Lipinski definition) is 6. The molecular formula is C11H10N4OS. The number of aliphatic hydroxyl groups excluding tert-OH is 1. The molecule has 0 spiro atoms. The fraction of sp³-hybridized carbons (Fsp3) is 0.182. The van der Waals surface area contributed by atoms with Crippen LogP contribution in [0, 0.1) is 0 Å². The maximum atomic E-state index is 8.82. The summed E-state index contributed by atoms with van der Waals surface area (Å²) in [4.78, 5) is 13.8. The van der Waals surface area contributed by atoms with Crippen LogP contribution in [0.15, 0.2) is 24.7 Å². The second-order valence-electron chi connectivity index (χ2n) is 3.51. The standard InChI is InChI=1S/C11H10N4OS/c16-5-4-12-10-9-8(14-6-15-10)7-2-1-3-13-11(7)17-9/h1-3,6,16H,4-5H2,(H,12,14,15). The van der Waals surface area contributed by atoms with Gasteiger partial charge < -0.3 is 10.4 Å². The minimum absolute atomic E-state index is 0.0780. The van der Waals surface area contributed by atoms with Gasteiger partial charge in [-0.25, -0.2) is 15.0 Å². The molecule has 2 N–H and O–H groups in total. The summed E-state index contributed by atoms with van der Waals surface area (Å²) in [5.41, 5.74) is 0.911. The van der Waals surface area contributed by atoms with Crippen LogP contribution in [0.2, 0.25) is 0 Å². The van der Waals surface area contributed by atoms with Crippen molar-refractivity contribution in [3.63, 3.8) is 0 Å². The van der Waals surface area contributed by atoms with E-state index in [4.69, 9.17) is 5.11 Å². The SMILES string of the molecule is OCCNc1ncnc2c1sc1ncccc12. The fourth-order valence-electron chi connectivity index (χ4n) is 1.71. The van der Waals surface area contributed by atoms with Crippen LogP contribution in [-0.4, -0.2) is 33.2 Å². The average Bonchev–Trinajstić information content (AvgIpc) is 2.75. The van der Waals surface area contributed by atoms with Crippen molar-refractivity contribution in [2.24, 2.45) is 0 Å². The molecule has 0 radical (unpaired) electrons. The van der Waals surface area contributed by atoms with Gasteiger partial charge in [-0.2, -0.15) is 0 Å². The predicted octanol–water partition coefficient (Wildman–Crippen LogP) is 1.64. The first-order valence-electron chi connectivity index (χ1n) is 5.23. The van der Waals surface area contributed by atoms with Gasteiger partial charge in [0.15, 0.2) is 0 Å². The van der Waals surface area contributed by atoms with Crippen molar-refractivity contribution in [3.05, 3.63) is 24.7 Å². The van der Waals surface area contributed by atoms with Crippen molar-refractivity contribution in [1.29, 1.82) is 0 Å². The van der Waals surface area contributed by atoms with Crippen LogP contribution in [0.25, 0.3) is 20.4 Å². The van der Waals surface area contributed by atoms with Gasteiger partial charge in [0.25, 0.3) is 0 Å². The largest absolute Gasteiger partial charge is 0.395 e. The average molecular weight is 246 g/mol. The third kappa shape index (κ3) is 1.71. The molecular weight excluding hydrogens is 236 g/mol. The first-order valence-corrected chi connectivity index (χ1v) is 6.05. The zero-order chi connectivity index (χ0) is 11.7. The third-order valence-corrected chi connectivity index (χ3v) is 3.54. The molecule has 0 aliphatic rings. The number of aromatic nitrogens is 3. The van der Waals surface area contributed by atoms with Crippen molar-refractivity contribution in [2.75, 3.05) is 18.5 Å². The van der Waals surface area contributed by atoms with E-state index in [0.29, 0.717) is 6.54 Å². The zero-order valence-corrected chi connectivity index (χ0v) is 9.74. The summed E-state index contributed by atoms with van der Waals surface area (Å²) in [5.74, 6) is 0.757. The van der Waals surface area contributed by atoms with Gasteiger partial charge in [0.2, 0.25) is 0 Å². The molecule has 17 heavy (non-hydrogen) atoms. The number of thiophene rings is 1. The van der Waals surface area contributed by atoms with Gasteiger partial charge in [0, 0.05) is 18.1 Å². The lowest BCUT2D eigenvalue weighted by atomic mass is 10.3. The van der Waals surface area contributed by atoms with Crippen LogP contribution in [0.1, 0.15) is 0 Å². The summed E-state index contributed by atoms with van der Waals surface area (Å²) in [7, 11) is 0. The van der Waals surface area contributed by atoms with Crippen LogP contribution >= 0.6 is 11.3 Å². The maximum absolute atomic E-state index is 8.82. The highest BCUT2D eigenvalue weighted by atomic mass is 32.1. The molecule has 3 aromatic heterocycles. The van der Waals surface area contributed by atoms with Crippen molar-refractivity contribution in [2.45, 2.75) is 0 Å². The second kappa shape index (κ2) is 4.23. The fourth-order valence-corrected chi connectivity index (χ4v) is 2.77. The molecule has 0 aliphatic heterocycles. The highest BCUT2D eigenvalue weighted by Crippen LogP contribution is 2.34. The number of aliphatic hydroxyl groups is 1. The van der Waals surface area contributed by atoms with Gasteiger partial charge in [-0.05, 0) is 12.1 Å². The van der Waals surface area contributed by atoms with Crippen LogP contribution in [0.3, 0.4) is 0 Å². The van der Waals surface area contributed by atoms with Crippen molar-refractivity contribution >= 4 is 37.6 Å². The molecule has 3 aromatic rings. The van der Waals surface area contributed by atoms with Crippen molar-refractivity contribution < 1.29 is 5.11 Å². The Morgan fingerprint density at radius 2 is 2.24 bits per heavy atom. The lowest BCUT2D eigenvalue weighted by Gasteiger charge is -2.02. The highest BCUT2D eigenvalue weighted by molar-refractivity contribution is 7.25. The third-order valence-electron chi connectivity index (χ3n) is 2.43. The molecule has 5 nitrogen and oxygen atoms in total. The molecule has 0 aliphatic carbocycles. The van der Waals surface area contributed by atoms with Crippen molar-refractivity contribution in [3.8, 4) is 0 Å². The van der Waals surface area contributed by atoms with E-state index in [0.717, 1.165) is 26.3 Å². The molecule has 0 fully saturated rings. The van der Waals surface area contributed by atoms with Gasteiger partial charge in [-0.15, -0.1) is 11.3 Å². The summed E-state index contributed by atoms with van der Waals surface area (Å²) in [6.45, 7) is 0.558. The molecule has 0 saturated carbocycles. The number of pyridine rings is 1. The molecule has 0 bridgehead atoms. The Balaban J connectivity index is 2.24. The van der Waals surface area contributed by atoms with Gasteiger partial charge in [-0.1, -0.05) is 0 Å². The Labute approximate surface area is 101 Å². The van der Waals surface area contributed by atoms with Crippen LogP contribution in [-0.2, 0) is 0 Å². The summed E-state index contributed by atoms with van der Waals surface area (Å²) in [6.07, 6.45) is 3.30. The molecule has 0 unspecified atom stereocenters. The zero-order valence-electron chi connectivity index (χ0n) is 8.92. The number of nitrogens with one attached hydrogen (secondary N) is 1. The summed E-state index contributed by atoms with van der Waals surface area (Å²) < 4.78 is 0.981. The molecule has 86 valence electrons. The molecule has 3 heterocycles. The van der Waals surface area contributed by atoms with E-state index in [1.165, 1.54) is 6.33 Å². The highest BCUT2D eigenvalue weighted by Gasteiger charge is 2.10. The van der Waals surface area contributed by atoms with Crippen molar-refractivity contribution in [1.82, 2.24) is 15.0 Å². The minimum atomic E-state index is 0.0780. The van der Waals surface area contributed by atoms with Crippen LogP contribution in [0.4, 0.5) is 5.82 Å². The van der Waals surface area contributed by atoms with Gasteiger partial charge in [0.1, 0.15) is 17.0 Å². The van der Waals surface area contributed by atoms with Crippen LogP contribution < -0.4 is 5.32 Å².